The van der Waals surface area contributed by atoms with Crippen LogP contribution in [0.25, 0.3) is 5.65 Å². The van der Waals surface area contributed by atoms with Gasteiger partial charge in [-0.25, -0.2) is 4.98 Å². The Morgan fingerprint density at radius 1 is 0.917 bits per heavy atom. The molecule has 0 unspecified atom stereocenters. The van der Waals surface area contributed by atoms with Gasteiger partial charge in [-0.1, -0.05) is 0 Å². The molecule has 0 saturated carbocycles. The Morgan fingerprint density at radius 3 is 2.62 bits per heavy atom. The van der Waals surface area contributed by atoms with Crippen LogP contribution in [0, 0.1) is 0 Å². The molecular formula is C18H15N5O. The highest BCUT2D eigenvalue weighted by atomic mass is 16.5. The number of rotatable bonds is 5. The quantitative estimate of drug-likeness (QED) is 0.610. The van der Waals surface area contributed by atoms with Gasteiger partial charge in [-0.2, -0.15) is 0 Å². The lowest BCUT2D eigenvalue weighted by Gasteiger charge is -2.08. The average Bonchev–Trinajstić information content (AvgIpc) is 3.05. The first-order valence-corrected chi connectivity index (χ1v) is 7.56. The Bertz CT molecular complexity index is 934. The van der Waals surface area contributed by atoms with Crippen LogP contribution >= 0.6 is 0 Å². The van der Waals surface area contributed by atoms with Crippen molar-refractivity contribution >= 4 is 11.3 Å². The van der Waals surface area contributed by atoms with Gasteiger partial charge in [-0.15, -0.1) is 0 Å². The summed E-state index contributed by atoms with van der Waals surface area (Å²) >= 11 is 0. The molecule has 118 valence electrons. The third-order valence-corrected chi connectivity index (χ3v) is 3.59. The zero-order chi connectivity index (χ0) is 16.2. The van der Waals surface area contributed by atoms with E-state index >= 15 is 0 Å². The van der Waals surface area contributed by atoms with Crippen LogP contribution in [0.15, 0.2) is 73.6 Å². The Kier molecular flexibility index (Phi) is 3.77. The van der Waals surface area contributed by atoms with Crippen LogP contribution in [0.5, 0.6) is 11.5 Å². The van der Waals surface area contributed by atoms with Crippen molar-refractivity contribution in [1.29, 1.82) is 0 Å². The summed E-state index contributed by atoms with van der Waals surface area (Å²) < 4.78 is 7.74. The highest BCUT2D eigenvalue weighted by Gasteiger charge is 2.03. The topological polar surface area (TPSA) is 64.3 Å². The lowest BCUT2D eigenvalue weighted by atomic mass is 10.3. The minimum atomic E-state index is 0.675. The third-order valence-electron chi connectivity index (χ3n) is 3.59. The molecule has 1 aromatic carbocycles. The van der Waals surface area contributed by atoms with Gasteiger partial charge in [-0.3, -0.25) is 14.4 Å². The summed E-state index contributed by atoms with van der Waals surface area (Å²) in [6.07, 6.45) is 10.7. The van der Waals surface area contributed by atoms with Gasteiger partial charge in [0.1, 0.15) is 11.5 Å². The second-order valence-corrected chi connectivity index (χ2v) is 5.22. The molecule has 0 aliphatic carbocycles. The van der Waals surface area contributed by atoms with E-state index in [2.05, 4.69) is 20.3 Å². The van der Waals surface area contributed by atoms with Crippen molar-refractivity contribution in [2.45, 2.75) is 6.54 Å². The van der Waals surface area contributed by atoms with Crippen molar-refractivity contribution in [2.24, 2.45) is 0 Å². The molecular weight excluding hydrogens is 302 g/mol. The Labute approximate surface area is 138 Å². The average molecular weight is 317 g/mol. The largest absolute Gasteiger partial charge is 0.456 e. The number of ether oxygens (including phenoxy) is 1. The van der Waals surface area contributed by atoms with Gasteiger partial charge in [0.15, 0.2) is 5.65 Å². The highest BCUT2D eigenvalue weighted by molar-refractivity contribution is 5.48. The number of aromatic nitrogens is 4. The SMILES string of the molecule is c1cncc(Oc2ccc(NCc3cnc4cnccn34)cc2)c1. The van der Waals surface area contributed by atoms with E-state index in [0.717, 1.165) is 28.5 Å². The van der Waals surface area contributed by atoms with Crippen LogP contribution in [0.2, 0.25) is 0 Å². The van der Waals surface area contributed by atoms with E-state index in [-0.39, 0.29) is 0 Å². The summed E-state index contributed by atoms with van der Waals surface area (Å²) in [6, 6.07) is 11.5. The molecule has 4 aromatic rings. The second-order valence-electron chi connectivity index (χ2n) is 5.22. The molecule has 6 heteroatoms. The van der Waals surface area contributed by atoms with E-state index in [9.17, 15) is 0 Å². The standard InChI is InChI=1S/C18H15N5O/c1-2-17(12-19-7-1)24-16-5-3-14(4-6-16)21-10-15-11-22-18-13-20-8-9-23(15)18/h1-9,11-13,21H,10H2. The summed E-state index contributed by atoms with van der Waals surface area (Å²) in [7, 11) is 0. The first-order valence-electron chi connectivity index (χ1n) is 7.56. The molecule has 0 radical (unpaired) electrons. The molecule has 0 bridgehead atoms. The fourth-order valence-electron chi connectivity index (χ4n) is 2.40. The molecule has 0 fully saturated rings. The van der Waals surface area contributed by atoms with Crippen molar-refractivity contribution in [2.75, 3.05) is 5.32 Å². The Hall–Kier alpha value is -3.41. The maximum atomic E-state index is 5.73. The molecule has 0 saturated heterocycles. The first kappa shape index (κ1) is 14.2. The number of imidazole rings is 1. The number of fused-ring (bicyclic) bond motifs is 1. The van der Waals surface area contributed by atoms with Gasteiger partial charge in [0.2, 0.25) is 0 Å². The van der Waals surface area contributed by atoms with E-state index in [1.54, 1.807) is 24.8 Å². The van der Waals surface area contributed by atoms with Crippen LogP contribution in [0.1, 0.15) is 5.69 Å². The summed E-state index contributed by atoms with van der Waals surface area (Å²) in [5.74, 6) is 1.49. The summed E-state index contributed by atoms with van der Waals surface area (Å²) in [4.78, 5) is 12.4. The Morgan fingerprint density at radius 2 is 1.79 bits per heavy atom. The summed E-state index contributed by atoms with van der Waals surface area (Å²) in [5, 5.41) is 3.38. The lowest BCUT2D eigenvalue weighted by Crippen LogP contribution is -2.02. The first-order chi connectivity index (χ1) is 11.9. The fourth-order valence-corrected chi connectivity index (χ4v) is 2.40. The molecule has 24 heavy (non-hydrogen) atoms. The number of hydrogen-bond acceptors (Lipinski definition) is 5. The minimum Gasteiger partial charge on any atom is -0.456 e. The molecule has 6 nitrogen and oxygen atoms in total. The van der Waals surface area contributed by atoms with E-state index < -0.39 is 0 Å². The van der Waals surface area contributed by atoms with Gasteiger partial charge < -0.3 is 10.1 Å². The van der Waals surface area contributed by atoms with Crippen LogP contribution in [0.3, 0.4) is 0 Å². The van der Waals surface area contributed by atoms with Gasteiger partial charge >= 0.3 is 0 Å². The number of benzene rings is 1. The third kappa shape index (κ3) is 3.03. The zero-order valence-electron chi connectivity index (χ0n) is 12.8. The Balaban J connectivity index is 1.42. The summed E-state index contributed by atoms with van der Waals surface area (Å²) in [6.45, 7) is 0.675. The number of hydrogen-bond donors (Lipinski definition) is 1. The molecule has 0 atom stereocenters. The van der Waals surface area contributed by atoms with Crippen LogP contribution < -0.4 is 10.1 Å². The van der Waals surface area contributed by atoms with E-state index in [1.165, 1.54) is 0 Å². The monoisotopic (exact) mass is 317 g/mol. The number of nitrogens with one attached hydrogen (secondary N) is 1. The lowest BCUT2D eigenvalue weighted by molar-refractivity contribution is 0.480. The molecule has 4 rings (SSSR count). The normalized spacial score (nSPS) is 10.7. The highest BCUT2D eigenvalue weighted by Crippen LogP contribution is 2.22. The summed E-state index contributed by atoms with van der Waals surface area (Å²) in [5.41, 5.74) is 2.93. The maximum Gasteiger partial charge on any atom is 0.155 e. The molecule has 3 heterocycles. The van der Waals surface area contributed by atoms with E-state index in [4.69, 9.17) is 4.74 Å². The van der Waals surface area contributed by atoms with Crippen molar-refractivity contribution in [1.82, 2.24) is 19.4 Å². The molecule has 0 aliphatic rings. The molecule has 3 aromatic heterocycles. The van der Waals surface area contributed by atoms with E-state index in [0.29, 0.717) is 6.54 Å². The molecule has 0 amide bonds. The van der Waals surface area contributed by atoms with Crippen molar-refractivity contribution in [3.8, 4) is 11.5 Å². The van der Waals surface area contributed by atoms with Crippen LogP contribution in [0.4, 0.5) is 5.69 Å². The van der Waals surface area contributed by atoms with Crippen molar-refractivity contribution < 1.29 is 4.74 Å². The fraction of sp³-hybridized carbons (Fsp3) is 0.0556. The van der Waals surface area contributed by atoms with Gasteiger partial charge in [-0.05, 0) is 36.4 Å². The van der Waals surface area contributed by atoms with Crippen molar-refractivity contribution in [3.63, 3.8) is 0 Å². The molecule has 1 N–H and O–H groups in total. The second kappa shape index (κ2) is 6.37. The maximum absolute atomic E-state index is 5.73. The smallest absolute Gasteiger partial charge is 0.155 e. The van der Waals surface area contributed by atoms with Crippen LogP contribution in [-0.4, -0.2) is 19.4 Å². The number of nitrogens with zero attached hydrogens (tertiary/aromatic N) is 4. The van der Waals surface area contributed by atoms with Gasteiger partial charge in [0.05, 0.1) is 30.8 Å². The predicted octanol–water partition coefficient (Wildman–Crippen LogP) is 3.53. The van der Waals surface area contributed by atoms with Crippen molar-refractivity contribution in [3.05, 3.63) is 79.3 Å². The number of pyridine rings is 1. The van der Waals surface area contributed by atoms with Crippen LogP contribution in [-0.2, 0) is 6.54 Å². The minimum absolute atomic E-state index is 0.675. The zero-order valence-corrected chi connectivity index (χ0v) is 12.8. The number of anilines is 1. The predicted molar refractivity (Wildman–Crippen MR) is 91.1 cm³/mol. The van der Waals surface area contributed by atoms with E-state index in [1.807, 2.05) is 53.2 Å². The van der Waals surface area contributed by atoms with Gasteiger partial charge in [0.25, 0.3) is 0 Å². The molecule has 0 spiro atoms. The van der Waals surface area contributed by atoms with Gasteiger partial charge in [0, 0.05) is 24.3 Å². The molecule has 0 aliphatic heterocycles.